The van der Waals surface area contributed by atoms with Gasteiger partial charge in [-0.05, 0) is 68.3 Å². The average molecular weight is 282 g/mol. The second-order valence-electron chi connectivity index (χ2n) is 6.50. The fraction of sp³-hybridized carbons (Fsp3) is 0.182. The fourth-order valence-electron chi connectivity index (χ4n) is 4.36. The van der Waals surface area contributed by atoms with Gasteiger partial charge in [-0.2, -0.15) is 0 Å². The van der Waals surface area contributed by atoms with Gasteiger partial charge in [-0.25, -0.2) is 0 Å². The standard InChI is InChI=1S/C22H18/c1-2-14-12-16-7-5-8-17-13-20-18-9-4-3-6-15(18)10-11-19(20)22(14)21(16)17/h3-11,13-14H,2,12H2,1H3. The van der Waals surface area contributed by atoms with E-state index in [2.05, 4.69) is 67.6 Å². The highest BCUT2D eigenvalue weighted by Crippen LogP contribution is 2.45. The van der Waals surface area contributed by atoms with E-state index in [-0.39, 0.29) is 0 Å². The molecule has 0 bridgehead atoms. The van der Waals surface area contributed by atoms with E-state index in [4.69, 9.17) is 0 Å². The van der Waals surface area contributed by atoms with Crippen LogP contribution < -0.4 is 0 Å². The third kappa shape index (κ3) is 1.47. The second-order valence-corrected chi connectivity index (χ2v) is 6.50. The SMILES string of the molecule is CCC1Cc2cccc3cc4c(ccc5ccccc54)c1c23. The lowest BCUT2D eigenvalue weighted by molar-refractivity contribution is 0.691. The predicted octanol–water partition coefficient (Wildman–Crippen LogP) is 6.20. The quantitative estimate of drug-likeness (QED) is 0.288. The van der Waals surface area contributed by atoms with Crippen molar-refractivity contribution in [2.45, 2.75) is 25.7 Å². The summed E-state index contributed by atoms with van der Waals surface area (Å²) in [6.45, 7) is 2.32. The number of hydrogen-bond acceptors (Lipinski definition) is 0. The van der Waals surface area contributed by atoms with Crippen LogP contribution in [0, 0.1) is 0 Å². The Bertz CT molecular complexity index is 1040. The third-order valence-corrected chi connectivity index (χ3v) is 5.38. The average Bonchev–Trinajstić information content (AvgIpc) is 2.95. The minimum absolute atomic E-state index is 0.671. The van der Waals surface area contributed by atoms with Crippen LogP contribution in [-0.4, -0.2) is 0 Å². The van der Waals surface area contributed by atoms with Gasteiger partial charge in [0, 0.05) is 0 Å². The summed E-state index contributed by atoms with van der Waals surface area (Å²) >= 11 is 0. The van der Waals surface area contributed by atoms with Crippen LogP contribution in [0.3, 0.4) is 0 Å². The Balaban J connectivity index is 2.05. The lowest BCUT2D eigenvalue weighted by Gasteiger charge is -2.14. The number of hydrogen-bond donors (Lipinski definition) is 0. The molecular formula is C22H18. The molecule has 0 heterocycles. The summed E-state index contributed by atoms with van der Waals surface area (Å²) < 4.78 is 0. The molecule has 22 heavy (non-hydrogen) atoms. The summed E-state index contributed by atoms with van der Waals surface area (Å²) in [4.78, 5) is 0. The van der Waals surface area contributed by atoms with Crippen molar-refractivity contribution in [1.29, 1.82) is 0 Å². The third-order valence-electron chi connectivity index (χ3n) is 5.38. The summed E-state index contributed by atoms with van der Waals surface area (Å²) in [6, 6.07) is 22.6. The van der Waals surface area contributed by atoms with E-state index in [0.717, 1.165) is 0 Å². The van der Waals surface area contributed by atoms with Crippen molar-refractivity contribution >= 4 is 32.3 Å². The van der Waals surface area contributed by atoms with E-state index < -0.39 is 0 Å². The zero-order valence-electron chi connectivity index (χ0n) is 12.8. The van der Waals surface area contributed by atoms with Crippen molar-refractivity contribution in [3.05, 3.63) is 71.8 Å². The monoisotopic (exact) mass is 282 g/mol. The van der Waals surface area contributed by atoms with Gasteiger partial charge in [-0.15, -0.1) is 0 Å². The molecule has 0 amide bonds. The fourth-order valence-corrected chi connectivity index (χ4v) is 4.36. The molecule has 1 aliphatic rings. The highest BCUT2D eigenvalue weighted by atomic mass is 14.3. The minimum atomic E-state index is 0.671. The van der Waals surface area contributed by atoms with Crippen molar-refractivity contribution in [3.8, 4) is 0 Å². The molecule has 0 saturated carbocycles. The summed E-state index contributed by atoms with van der Waals surface area (Å²) in [7, 11) is 0. The van der Waals surface area contributed by atoms with Crippen molar-refractivity contribution in [2.75, 3.05) is 0 Å². The number of benzene rings is 4. The van der Waals surface area contributed by atoms with Crippen LogP contribution in [0.1, 0.15) is 30.4 Å². The van der Waals surface area contributed by atoms with Crippen molar-refractivity contribution in [3.63, 3.8) is 0 Å². The smallest absolute Gasteiger partial charge is 0.00961 e. The van der Waals surface area contributed by atoms with Crippen molar-refractivity contribution in [2.24, 2.45) is 0 Å². The Hall–Kier alpha value is -2.34. The molecule has 0 spiro atoms. The normalized spacial score (nSPS) is 16.9. The molecule has 1 atom stereocenters. The van der Waals surface area contributed by atoms with Crippen LogP contribution >= 0.6 is 0 Å². The molecule has 0 radical (unpaired) electrons. The number of rotatable bonds is 1. The highest BCUT2D eigenvalue weighted by Gasteiger charge is 2.25. The molecule has 1 aliphatic carbocycles. The molecule has 0 heteroatoms. The van der Waals surface area contributed by atoms with Gasteiger partial charge in [0.15, 0.2) is 0 Å². The predicted molar refractivity (Wildman–Crippen MR) is 95.7 cm³/mol. The lowest BCUT2D eigenvalue weighted by atomic mass is 9.90. The summed E-state index contributed by atoms with van der Waals surface area (Å²) in [5.74, 6) is 0.671. The van der Waals surface area contributed by atoms with Gasteiger partial charge in [0.25, 0.3) is 0 Å². The van der Waals surface area contributed by atoms with Crippen LogP contribution in [0.5, 0.6) is 0 Å². The summed E-state index contributed by atoms with van der Waals surface area (Å²) in [5, 5.41) is 8.53. The molecule has 0 nitrogen and oxygen atoms in total. The van der Waals surface area contributed by atoms with Gasteiger partial charge in [0.05, 0.1) is 0 Å². The molecule has 0 saturated heterocycles. The Morgan fingerprint density at radius 3 is 2.59 bits per heavy atom. The van der Waals surface area contributed by atoms with E-state index in [0.29, 0.717) is 5.92 Å². The van der Waals surface area contributed by atoms with Crippen LogP contribution in [0.4, 0.5) is 0 Å². The van der Waals surface area contributed by atoms with Gasteiger partial charge >= 0.3 is 0 Å². The first-order chi connectivity index (χ1) is 10.9. The molecule has 0 fully saturated rings. The molecule has 4 aromatic carbocycles. The largest absolute Gasteiger partial charge is 0.0648 e. The van der Waals surface area contributed by atoms with Crippen LogP contribution in [0.2, 0.25) is 0 Å². The molecule has 0 aliphatic heterocycles. The van der Waals surface area contributed by atoms with E-state index in [1.165, 1.54) is 50.7 Å². The van der Waals surface area contributed by atoms with Gasteiger partial charge in [-0.3, -0.25) is 0 Å². The Kier molecular flexibility index (Phi) is 2.41. The van der Waals surface area contributed by atoms with E-state index in [9.17, 15) is 0 Å². The maximum Gasteiger partial charge on any atom is -0.00961 e. The van der Waals surface area contributed by atoms with E-state index in [1.807, 2.05) is 0 Å². The van der Waals surface area contributed by atoms with Gasteiger partial charge in [0.2, 0.25) is 0 Å². The van der Waals surface area contributed by atoms with Gasteiger partial charge < -0.3 is 0 Å². The van der Waals surface area contributed by atoms with Gasteiger partial charge in [0.1, 0.15) is 0 Å². The van der Waals surface area contributed by atoms with E-state index >= 15 is 0 Å². The maximum atomic E-state index is 2.40. The molecule has 0 aromatic heterocycles. The topological polar surface area (TPSA) is 0 Å². The Morgan fingerprint density at radius 1 is 0.818 bits per heavy atom. The minimum Gasteiger partial charge on any atom is -0.0648 e. The molecular weight excluding hydrogens is 264 g/mol. The van der Waals surface area contributed by atoms with Gasteiger partial charge in [-0.1, -0.05) is 61.5 Å². The van der Waals surface area contributed by atoms with E-state index in [1.54, 1.807) is 5.56 Å². The summed E-state index contributed by atoms with van der Waals surface area (Å²) in [5.41, 5.74) is 3.13. The number of fused-ring (bicyclic) bond motifs is 4. The lowest BCUT2D eigenvalue weighted by Crippen LogP contribution is -1.95. The first-order valence-electron chi connectivity index (χ1n) is 8.23. The first kappa shape index (κ1) is 12.2. The zero-order valence-corrected chi connectivity index (χ0v) is 12.8. The Labute approximate surface area is 130 Å². The van der Waals surface area contributed by atoms with Crippen LogP contribution in [0.15, 0.2) is 60.7 Å². The summed E-state index contributed by atoms with van der Waals surface area (Å²) in [6.07, 6.45) is 2.42. The Morgan fingerprint density at radius 2 is 1.68 bits per heavy atom. The molecule has 106 valence electrons. The molecule has 0 N–H and O–H groups in total. The molecule has 1 unspecified atom stereocenters. The first-order valence-corrected chi connectivity index (χ1v) is 8.23. The molecule has 4 aromatic rings. The van der Waals surface area contributed by atoms with Crippen molar-refractivity contribution in [1.82, 2.24) is 0 Å². The van der Waals surface area contributed by atoms with Crippen molar-refractivity contribution < 1.29 is 0 Å². The maximum absolute atomic E-state index is 2.40. The molecule has 5 rings (SSSR count). The van der Waals surface area contributed by atoms with Crippen LogP contribution in [-0.2, 0) is 6.42 Å². The van der Waals surface area contributed by atoms with Crippen LogP contribution in [0.25, 0.3) is 32.3 Å². The highest BCUT2D eigenvalue weighted by molar-refractivity contribution is 6.15. The zero-order chi connectivity index (χ0) is 14.7. The second kappa shape index (κ2) is 4.33.